The first-order valence-electron chi connectivity index (χ1n) is 5.98. The van der Waals surface area contributed by atoms with Crippen molar-refractivity contribution in [3.63, 3.8) is 0 Å². The van der Waals surface area contributed by atoms with E-state index in [2.05, 4.69) is 32.3 Å². The number of ether oxygens (including phenoxy) is 1. The first-order chi connectivity index (χ1) is 8.83. The average Bonchev–Trinajstić information content (AvgIpc) is 2.42. The van der Waals surface area contributed by atoms with E-state index in [1.54, 1.807) is 6.20 Å². The number of nitrogens with zero attached hydrogens (tertiary/aromatic N) is 1. The van der Waals surface area contributed by atoms with Gasteiger partial charge in [0.15, 0.2) is 5.75 Å². The highest BCUT2D eigenvalue weighted by molar-refractivity contribution is 9.10. The van der Waals surface area contributed by atoms with Gasteiger partial charge in [-0.3, -0.25) is 0 Å². The molecule has 0 unspecified atom stereocenters. The van der Waals surface area contributed by atoms with Crippen LogP contribution in [0.4, 0.5) is 5.69 Å². The number of rotatable bonds is 2. The summed E-state index contributed by atoms with van der Waals surface area (Å²) in [5, 5.41) is 3.40. The van der Waals surface area contributed by atoms with Crippen LogP contribution in [0.2, 0.25) is 0 Å². The maximum Gasteiger partial charge on any atom is 0.219 e. The number of hydrogen-bond acceptors (Lipinski definition) is 3. The lowest BCUT2D eigenvalue weighted by molar-refractivity contribution is 0.463. The molecule has 0 spiro atoms. The Hall–Kier alpha value is -1.55. The zero-order valence-corrected chi connectivity index (χ0v) is 11.4. The number of aryl methyl sites for hydroxylation is 1. The minimum atomic E-state index is 0.610. The van der Waals surface area contributed by atoms with Crippen molar-refractivity contribution in [3.8, 4) is 11.6 Å². The van der Waals surface area contributed by atoms with Crippen LogP contribution in [0.5, 0.6) is 11.6 Å². The number of para-hydroxylation sites is 1. The summed E-state index contributed by atoms with van der Waals surface area (Å²) in [6, 6.07) is 9.92. The smallest absolute Gasteiger partial charge is 0.219 e. The largest absolute Gasteiger partial charge is 0.437 e. The summed E-state index contributed by atoms with van der Waals surface area (Å²) in [6.45, 7) is 1.00. The fourth-order valence-corrected chi connectivity index (χ4v) is 2.33. The third-order valence-electron chi connectivity index (χ3n) is 2.95. The minimum absolute atomic E-state index is 0.610. The van der Waals surface area contributed by atoms with E-state index < -0.39 is 0 Å². The fraction of sp³-hybridized carbons (Fsp3) is 0.214. The summed E-state index contributed by atoms with van der Waals surface area (Å²) in [6.07, 6.45) is 4.01. The van der Waals surface area contributed by atoms with Gasteiger partial charge in [0.25, 0.3) is 0 Å². The summed E-state index contributed by atoms with van der Waals surface area (Å²) >= 11 is 3.36. The van der Waals surface area contributed by atoms with Crippen LogP contribution < -0.4 is 10.1 Å². The Labute approximate surface area is 114 Å². The van der Waals surface area contributed by atoms with E-state index in [-0.39, 0.29) is 0 Å². The van der Waals surface area contributed by atoms with Crippen LogP contribution >= 0.6 is 15.9 Å². The van der Waals surface area contributed by atoms with Crippen molar-refractivity contribution in [2.24, 2.45) is 0 Å². The van der Waals surface area contributed by atoms with Gasteiger partial charge in [0, 0.05) is 23.3 Å². The molecule has 18 heavy (non-hydrogen) atoms. The summed E-state index contributed by atoms with van der Waals surface area (Å²) in [7, 11) is 0. The van der Waals surface area contributed by atoms with Crippen molar-refractivity contribution in [1.82, 2.24) is 4.98 Å². The first-order valence-corrected chi connectivity index (χ1v) is 6.77. The Morgan fingerprint density at radius 2 is 2.17 bits per heavy atom. The SMILES string of the molecule is Brc1ccc(Oc2cccc3c2NCCC3)nc1. The second-order valence-electron chi connectivity index (χ2n) is 4.24. The third-order valence-corrected chi connectivity index (χ3v) is 3.42. The van der Waals surface area contributed by atoms with Gasteiger partial charge in [-0.15, -0.1) is 0 Å². The molecule has 0 atom stereocenters. The monoisotopic (exact) mass is 304 g/mol. The van der Waals surface area contributed by atoms with E-state index in [0.29, 0.717) is 5.88 Å². The van der Waals surface area contributed by atoms with E-state index in [1.165, 1.54) is 12.0 Å². The molecule has 0 bridgehead atoms. The van der Waals surface area contributed by atoms with Gasteiger partial charge in [-0.1, -0.05) is 12.1 Å². The van der Waals surface area contributed by atoms with Crippen LogP contribution in [0, 0.1) is 0 Å². The molecule has 0 aliphatic carbocycles. The quantitative estimate of drug-likeness (QED) is 0.911. The highest BCUT2D eigenvalue weighted by Crippen LogP contribution is 2.34. The number of anilines is 1. The maximum absolute atomic E-state index is 5.84. The summed E-state index contributed by atoms with van der Waals surface area (Å²) in [5.41, 5.74) is 2.42. The number of halogens is 1. The van der Waals surface area contributed by atoms with Gasteiger partial charge in [-0.05, 0) is 46.5 Å². The molecule has 1 aliphatic rings. The van der Waals surface area contributed by atoms with Gasteiger partial charge in [-0.2, -0.15) is 0 Å². The highest BCUT2D eigenvalue weighted by Gasteiger charge is 2.13. The van der Waals surface area contributed by atoms with Crippen molar-refractivity contribution in [2.75, 3.05) is 11.9 Å². The molecular formula is C14H13BrN2O. The van der Waals surface area contributed by atoms with Crippen LogP contribution in [0.3, 0.4) is 0 Å². The third kappa shape index (κ3) is 2.34. The van der Waals surface area contributed by atoms with Gasteiger partial charge < -0.3 is 10.1 Å². The van der Waals surface area contributed by atoms with Crippen LogP contribution in [-0.4, -0.2) is 11.5 Å². The zero-order chi connectivity index (χ0) is 12.4. The number of pyridine rings is 1. The van der Waals surface area contributed by atoms with E-state index >= 15 is 0 Å². The fourth-order valence-electron chi connectivity index (χ4n) is 2.10. The van der Waals surface area contributed by atoms with Crippen LogP contribution in [0.15, 0.2) is 41.0 Å². The second kappa shape index (κ2) is 4.98. The molecular weight excluding hydrogens is 292 g/mol. The van der Waals surface area contributed by atoms with E-state index in [4.69, 9.17) is 4.74 Å². The minimum Gasteiger partial charge on any atom is -0.437 e. The van der Waals surface area contributed by atoms with Crippen LogP contribution in [-0.2, 0) is 6.42 Å². The zero-order valence-electron chi connectivity index (χ0n) is 9.82. The molecule has 0 saturated heterocycles. The molecule has 0 amide bonds. The molecule has 92 valence electrons. The molecule has 2 heterocycles. The van der Waals surface area contributed by atoms with E-state index in [1.807, 2.05) is 24.3 Å². The standard InChI is InChI=1S/C14H13BrN2O/c15-11-6-7-13(17-9-11)18-12-5-1-3-10-4-2-8-16-14(10)12/h1,3,5-7,9,16H,2,4,8H2. The molecule has 1 aromatic carbocycles. The molecule has 1 N–H and O–H groups in total. The Morgan fingerprint density at radius 1 is 1.22 bits per heavy atom. The Bertz CT molecular complexity index is 554. The average molecular weight is 305 g/mol. The predicted octanol–water partition coefficient (Wildman–Crippen LogP) is 3.99. The normalized spacial score (nSPS) is 13.6. The Balaban J connectivity index is 1.90. The Kier molecular flexibility index (Phi) is 3.19. The first kappa shape index (κ1) is 11.5. The molecule has 3 rings (SSSR count). The number of nitrogens with one attached hydrogen (secondary N) is 1. The highest BCUT2D eigenvalue weighted by atomic mass is 79.9. The number of fused-ring (bicyclic) bond motifs is 1. The number of benzene rings is 1. The predicted molar refractivity (Wildman–Crippen MR) is 75.3 cm³/mol. The molecule has 2 aromatic rings. The van der Waals surface area contributed by atoms with Gasteiger partial charge >= 0.3 is 0 Å². The topological polar surface area (TPSA) is 34.1 Å². The summed E-state index contributed by atoms with van der Waals surface area (Å²) in [5.74, 6) is 1.46. The molecule has 0 radical (unpaired) electrons. The molecule has 4 heteroatoms. The van der Waals surface area contributed by atoms with Crippen molar-refractivity contribution in [2.45, 2.75) is 12.8 Å². The van der Waals surface area contributed by atoms with Gasteiger partial charge in [0.1, 0.15) is 0 Å². The lowest BCUT2D eigenvalue weighted by Gasteiger charge is -2.20. The number of hydrogen-bond donors (Lipinski definition) is 1. The van der Waals surface area contributed by atoms with Crippen molar-refractivity contribution >= 4 is 21.6 Å². The molecule has 0 saturated carbocycles. The lowest BCUT2D eigenvalue weighted by Crippen LogP contribution is -2.12. The van der Waals surface area contributed by atoms with E-state index in [9.17, 15) is 0 Å². The van der Waals surface area contributed by atoms with Crippen LogP contribution in [0.1, 0.15) is 12.0 Å². The van der Waals surface area contributed by atoms with Gasteiger partial charge in [-0.25, -0.2) is 4.98 Å². The van der Waals surface area contributed by atoms with E-state index in [0.717, 1.165) is 28.9 Å². The summed E-state index contributed by atoms with van der Waals surface area (Å²) in [4.78, 5) is 4.23. The molecule has 3 nitrogen and oxygen atoms in total. The van der Waals surface area contributed by atoms with Crippen molar-refractivity contribution < 1.29 is 4.74 Å². The second-order valence-corrected chi connectivity index (χ2v) is 5.15. The molecule has 1 aliphatic heterocycles. The maximum atomic E-state index is 5.84. The molecule has 0 fully saturated rings. The summed E-state index contributed by atoms with van der Waals surface area (Å²) < 4.78 is 6.78. The number of aromatic nitrogens is 1. The van der Waals surface area contributed by atoms with Gasteiger partial charge in [0.2, 0.25) is 5.88 Å². The van der Waals surface area contributed by atoms with Crippen molar-refractivity contribution in [3.05, 3.63) is 46.6 Å². The lowest BCUT2D eigenvalue weighted by atomic mass is 10.0. The Morgan fingerprint density at radius 3 is 3.00 bits per heavy atom. The van der Waals surface area contributed by atoms with Crippen LogP contribution in [0.25, 0.3) is 0 Å². The van der Waals surface area contributed by atoms with Gasteiger partial charge in [0.05, 0.1) is 5.69 Å². The van der Waals surface area contributed by atoms with Crippen molar-refractivity contribution in [1.29, 1.82) is 0 Å². The molecule has 1 aromatic heterocycles.